The van der Waals surface area contributed by atoms with Crippen LogP contribution in [-0.4, -0.2) is 51.2 Å². The van der Waals surface area contributed by atoms with Crippen molar-refractivity contribution in [2.24, 2.45) is 0 Å². The molecule has 1 fully saturated rings. The molecule has 9 heteroatoms. The van der Waals surface area contributed by atoms with Gasteiger partial charge in [-0.05, 0) is 81.5 Å². The molecule has 0 radical (unpaired) electrons. The quantitative estimate of drug-likeness (QED) is 0.150. The fourth-order valence-corrected chi connectivity index (χ4v) is 4.16. The normalized spacial score (nSPS) is 14.3. The predicted molar refractivity (Wildman–Crippen MR) is 161 cm³/mol. The minimum Gasteiger partial charge on any atom is -0.493 e. The van der Waals surface area contributed by atoms with Crippen LogP contribution >= 0.6 is 0 Å². The van der Waals surface area contributed by atoms with Crippen molar-refractivity contribution < 1.29 is 38.0 Å². The SMILES string of the molecule is CCCCOc1ccc(-c2ccc(OCCCC)c(C3OCCCO3)c2)cc1/C=C(\NC(=O)OC(C)(C)C)C(=O)OC. The first-order valence-corrected chi connectivity index (χ1v) is 14.7. The molecule has 1 heterocycles. The lowest BCUT2D eigenvalue weighted by atomic mass is 9.99. The van der Waals surface area contributed by atoms with Crippen molar-refractivity contribution in [3.63, 3.8) is 0 Å². The monoisotopic (exact) mass is 583 g/mol. The van der Waals surface area contributed by atoms with Gasteiger partial charge in [0.15, 0.2) is 6.29 Å². The zero-order valence-corrected chi connectivity index (χ0v) is 25.7. The smallest absolute Gasteiger partial charge is 0.412 e. The number of carbonyl (C=O) groups excluding carboxylic acids is 2. The summed E-state index contributed by atoms with van der Waals surface area (Å²) in [4.78, 5) is 25.2. The van der Waals surface area contributed by atoms with Gasteiger partial charge in [0.05, 0.1) is 39.1 Å². The highest BCUT2D eigenvalue weighted by Crippen LogP contribution is 2.36. The van der Waals surface area contributed by atoms with E-state index in [2.05, 4.69) is 19.2 Å². The highest BCUT2D eigenvalue weighted by molar-refractivity contribution is 5.97. The molecule has 0 aliphatic carbocycles. The highest BCUT2D eigenvalue weighted by Gasteiger charge is 2.23. The maximum Gasteiger partial charge on any atom is 0.412 e. The first-order valence-electron chi connectivity index (χ1n) is 14.7. The zero-order valence-electron chi connectivity index (χ0n) is 25.7. The van der Waals surface area contributed by atoms with Gasteiger partial charge in [-0.2, -0.15) is 0 Å². The van der Waals surface area contributed by atoms with E-state index in [0.717, 1.165) is 54.5 Å². The summed E-state index contributed by atoms with van der Waals surface area (Å²) >= 11 is 0. The number of amides is 1. The molecular weight excluding hydrogens is 538 g/mol. The Bertz CT molecular complexity index is 1210. The summed E-state index contributed by atoms with van der Waals surface area (Å²) in [5.74, 6) is 0.583. The third kappa shape index (κ3) is 10.1. The zero-order chi connectivity index (χ0) is 30.5. The maximum absolute atomic E-state index is 12.7. The number of methoxy groups -OCH3 is 1. The summed E-state index contributed by atoms with van der Waals surface area (Å²) < 4.78 is 34.3. The Morgan fingerprint density at radius 2 is 1.52 bits per heavy atom. The van der Waals surface area contributed by atoms with E-state index < -0.39 is 24.0 Å². The average Bonchev–Trinajstić information content (AvgIpc) is 2.97. The van der Waals surface area contributed by atoms with Gasteiger partial charge in [-0.1, -0.05) is 38.8 Å². The van der Waals surface area contributed by atoms with Gasteiger partial charge in [0.2, 0.25) is 0 Å². The molecule has 0 spiro atoms. The second-order valence-corrected chi connectivity index (χ2v) is 11.0. The molecule has 3 rings (SSSR count). The molecule has 0 saturated carbocycles. The van der Waals surface area contributed by atoms with Crippen LogP contribution in [0.1, 0.15) is 84.1 Å². The Morgan fingerprint density at radius 3 is 2.12 bits per heavy atom. The van der Waals surface area contributed by atoms with Gasteiger partial charge in [-0.3, -0.25) is 5.32 Å². The van der Waals surface area contributed by atoms with E-state index in [9.17, 15) is 9.59 Å². The Kier molecular flexibility index (Phi) is 12.7. The molecule has 2 aromatic carbocycles. The van der Waals surface area contributed by atoms with Crippen molar-refractivity contribution in [3.05, 3.63) is 53.2 Å². The Hall–Kier alpha value is -3.56. The van der Waals surface area contributed by atoms with Crippen molar-refractivity contribution in [2.75, 3.05) is 33.5 Å². The van der Waals surface area contributed by atoms with E-state index in [4.69, 9.17) is 28.4 Å². The minimum absolute atomic E-state index is 0.0754. The molecular formula is C33H45NO8. The molecule has 1 aliphatic heterocycles. The maximum atomic E-state index is 12.7. The number of unbranched alkanes of at least 4 members (excludes halogenated alkanes) is 2. The summed E-state index contributed by atoms with van der Waals surface area (Å²) in [6.07, 6.45) is 4.92. The van der Waals surface area contributed by atoms with E-state index in [0.29, 0.717) is 37.7 Å². The molecule has 0 aromatic heterocycles. The van der Waals surface area contributed by atoms with Crippen molar-refractivity contribution in [1.82, 2.24) is 5.32 Å². The number of rotatable bonds is 13. The van der Waals surface area contributed by atoms with Crippen LogP contribution in [0.2, 0.25) is 0 Å². The van der Waals surface area contributed by atoms with Crippen molar-refractivity contribution >= 4 is 18.1 Å². The van der Waals surface area contributed by atoms with E-state index >= 15 is 0 Å². The number of esters is 1. The Labute approximate surface area is 249 Å². The second kappa shape index (κ2) is 16.2. The number of carbonyl (C=O) groups is 2. The average molecular weight is 584 g/mol. The largest absolute Gasteiger partial charge is 0.493 e. The van der Waals surface area contributed by atoms with Crippen LogP contribution < -0.4 is 14.8 Å². The standard InChI is InChI=1S/C33H45NO8/c1-7-9-16-38-28-14-12-23(20-25(28)22-27(30(35)37-6)34-32(36)42-33(3,4)5)24-13-15-29(39-17-10-8-2)26(21-24)31-40-18-11-19-41-31/h12-15,20-22,31H,7-11,16-19H2,1-6H3,(H,34,36)/b27-22-. The molecule has 9 nitrogen and oxygen atoms in total. The Balaban J connectivity index is 2.04. The molecule has 42 heavy (non-hydrogen) atoms. The van der Waals surface area contributed by atoms with Crippen molar-refractivity contribution in [1.29, 1.82) is 0 Å². The van der Waals surface area contributed by atoms with Crippen LogP contribution in [0.25, 0.3) is 17.2 Å². The number of ether oxygens (including phenoxy) is 6. The molecule has 0 atom stereocenters. The van der Waals surface area contributed by atoms with Crippen LogP contribution in [0.4, 0.5) is 4.79 Å². The van der Waals surface area contributed by atoms with Crippen LogP contribution in [0.3, 0.4) is 0 Å². The topological polar surface area (TPSA) is 102 Å². The third-order valence-corrected chi connectivity index (χ3v) is 6.29. The van der Waals surface area contributed by atoms with E-state index in [1.165, 1.54) is 13.2 Å². The summed E-state index contributed by atoms with van der Waals surface area (Å²) in [6, 6.07) is 11.6. The molecule has 1 aliphatic rings. The number of nitrogens with one attached hydrogen (secondary N) is 1. The van der Waals surface area contributed by atoms with Crippen LogP contribution in [0, 0.1) is 0 Å². The molecule has 230 valence electrons. The fraction of sp³-hybridized carbons (Fsp3) is 0.515. The van der Waals surface area contributed by atoms with Gasteiger partial charge in [0.1, 0.15) is 22.8 Å². The number of alkyl carbamates (subject to hydrolysis) is 1. The second-order valence-electron chi connectivity index (χ2n) is 11.0. The molecule has 1 saturated heterocycles. The first-order chi connectivity index (χ1) is 20.1. The van der Waals surface area contributed by atoms with Crippen molar-refractivity contribution in [3.8, 4) is 22.6 Å². The van der Waals surface area contributed by atoms with Crippen LogP contribution in [0.15, 0.2) is 42.1 Å². The van der Waals surface area contributed by atoms with Gasteiger partial charge < -0.3 is 28.4 Å². The predicted octanol–water partition coefficient (Wildman–Crippen LogP) is 7.19. The molecule has 1 N–H and O–H groups in total. The lowest BCUT2D eigenvalue weighted by Gasteiger charge is -2.26. The summed E-state index contributed by atoms with van der Waals surface area (Å²) in [6.45, 7) is 11.8. The third-order valence-electron chi connectivity index (χ3n) is 6.29. The van der Waals surface area contributed by atoms with E-state index in [-0.39, 0.29) is 5.70 Å². The van der Waals surface area contributed by atoms with Crippen LogP contribution in [0.5, 0.6) is 11.5 Å². The van der Waals surface area contributed by atoms with Gasteiger partial charge in [0.25, 0.3) is 0 Å². The molecule has 0 bridgehead atoms. The van der Waals surface area contributed by atoms with Gasteiger partial charge in [0, 0.05) is 5.56 Å². The first kappa shape index (κ1) is 32.9. The van der Waals surface area contributed by atoms with E-state index in [1.807, 2.05) is 36.4 Å². The summed E-state index contributed by atoms with van der Waals surface area (Å²) in [5.41, 5.74) is 2.37. The van der Waals surface area contributed by atoms with Gasteiger partial charge >= 0.3 is 12.1 Å². The molecule has 2 aromatic rings. The molecule has 1 amide bonds. The number of benzene rings is 2. The number of hydrogen-bond donors (Lipinski definition) is 1. The lowest BCUT2D eigenvalue weighted by Crippen LogP contribution is -2.34. The van der Waals surface area contributed by atoms with Crippen LogP contribution in [-0.2, 0) is 23.7 Å². The Morgan fingerprint density at radius 1 is 0.929 bits per heavy atom. The molecule has 0 unspecified atom stereocenters. The number of hydrogen-bond acceptors (Lipinski definition) is 8. The minimum atomic E-state index is -0.764. The van der Waals surface area contributed by atoms with E-state index in [1.54, 1.807) is 20.8 Å². The summed E-state index contributed by atoms with van der Waals surface area (Å²) in [7, 11) is 1.25. The highest BCUT2D eigenvalue weighted by atomic mass is 16.7. The summed E-state index contributed by atoms with van der Waals surface area (Å²) in [5, 5.41) is 2.53. The van der Waals surface area contributed by atoms with Crippen molar-refractivity contribution in [2.45, 2.75) is 78.6 Å². The van der Waals surface area contributed by atoms with Gasteiger partial charge in [-0.25, -0.2) is 9.59 Å². The van der Waals surface area contributed by atoms with Gasteiger partial charge in [-0.15, -0.1) is 0 Å². The fourth-order valence-electron chi connectivity index (χ4n) is 4.16. The lowest BCUT2D eigenvalue weighted by molar-refractivity contribution is -0.183.